The van der Waals surface area contributed by atoms with Crippen molar-refractivity contribution in [1.82, 2.24) is 9.80 Å². The molecule has 2 N–H and O–H groups in total. The first-order valence-electron chi connectivity index (χ1n) is 8.15. The fourth-order valence-electron chi connectivity index (χ4n) is 2.94. The number of aliphatic hydroxyl groups is 1. The van der Waals surface area contributed by atoms with Crippen LogP contribution in [0.1, 0.15) is 21.5 Å². The Bertz CT molecular complexity index is 692. The van der Waals surface area contributed by atoms with Gasteiger partial charge in [-0.1, -0.05) is 36.4 Å². The monoisotopic (exact) mass is 326 g/mol. The van der Waals surface area contributed by atoms with Crippen molar-refractivity contribution in [2.24, 2.45) is 0 Å². The lowest BCUT2D eigenvalue weighted by Gasteiger charge is -2.34. The van der Waals surface area contributed by atoms with E-state index in [2.05, 4.69) is 4.90 Å². The molecule has 126 valence electrons. The van der Waals surface area contributed by atoms with E-state index in [1.165, 1.54) is 5.56 Å². The van der Waals surface area contributed by atoms with Crippen molar-refractivity contribution in [3.63, 3.8) is 0 Å². The van der Waals surface area contributed by atoms with Crippen LogP contribution in [0, 0.1) is 0 Å². The van der Waals surface area contributed by atoms with Crippen LogP contribution < -0.4 is 0 Å². The smallest absolute Gasteiger partial charge is 0.257 e. The number of phenolic OH excluding ortho intramolecular Hbond substituents is 1. The summed E-state index contributed by atoms with van der Waals surface area (Å²) in [7, 11) is 0. The SMILES string of the molecule is O=C(c1ccccc1O)N1CCN(Cc2ccc(CO)cc2)CC1. The minimum atomic E-state index is -0.111. The number of amides is 1. The standard InChI is InChI=1S/C19H22N2O3/c22-14-16-7-5-15(6-8-16)13-20-9-11-21(12-10-20)19(24)17-3-1-2-4-18(17)23/h1-8,22-23H,9-14H2. The maximum Gasteiger partial charge on any atom is 0.257 e. The van der Waals surface area contributed by atoms with Gasteiger partial charge >= 0.3 is 0 Å². The van der Waals surface area contributed by atoms with Crippen LogP contribution in [-0.4, -0.2) is 52.1 Å². The van der Waals surface area contributed by atoms with Gasteiger partial charge in [0.05, 0.1) is 12.2 Å². The molecule has 0 unspecified atom stereocenters. The Balaban J connectivity index is 1.55. The van der Waals surface area contributed by atoms with E-state index in [0.29, 0.717) is 18.7 Å². The van der Waals surface area contributed by atoms with E-state index in [0.717, 1.165) is 25.2 Å². The molecule has 0 bridgehead atoms. The van der Waals surface area contributed by atoms with Gasteiger partial charge in [-0.05, 0) is 23.3 Å². The van der Waals surface area contributed by atoms with Crippen LogP contribution in [0.5, 0.6) is 5.75 Å². The number of aromatic hydroxyl groups is 1. The van der Waals surface area contributed by atoms with Crippen molar-refractivity contribution in [2.75, 3.05) is 26.2 Å². The van der Waals surface area contributed by atoms with Crippen LogP contribution in [0.15, 0.2) is 48.5 Å². The van der Waals surface area contributed by atoms with Crippen LogP contribution in [0.4, 0.5) is 0 Å². The topological polar surface area (TPSA) is 64.0 Å². The third-order valence-electron chi connectivity index (χ3n) is 4.41. The van der Waals surface area contributed by atoms with Crippen LogP contribution in [0.25, 0.3) is 0 Å². The normalized spacial score (nSPS) is 15.5. The zero-order valence-corrected chi connectivity index (χ0v) is 13.6. The lowest BCUT2D eigenvalue weighted by molar-refractivity contribution is 0.0625. The molecule has 1 heterocycles. The number of rotatable bonds is 4. The summed E-state index contributed by atoms with van der Waals surface area (Å²) >= 11 is 0. The average molecular weight is 326 g/mol. The van der Waals surface area contributed by atoms with Gasteiger partial charge in [0, 0.05) is 32.7 Å². The minimum Gasteiger partial charge on any atom is -0.507 e. The highest BCUT2D eigenvalue weighted by molar-refractivity contribution is 5.96. The first-order valence-corrected chi connectivity index (χ1v) is 8.15. The predicted octanol–water partition coefficient (Wildman–Crippen LogP) is 1.84. The first-order chi connectivity index (χ1) is 11.7. The zero-order valence-electron chi connectivity index (χ0n) is 13.6. The number of hydrogen-bond acceptors (Lipinski definition) is 4. The molecular weight excluding hydrogens is 304 g/mol. The Hall–Kier alpha value is -2.37. The lowest BCUT2D eigenvalue weighted by Crippen LogP contribution is -2.48. The van der Waals surface area contributed by atoms with Crippen molar-refractivity contribution < 1.29 is 15.0 Å². The highest BCUT2D eigenvalue weighted by Crippen LogP contribution is 2.19. The lowest BCUT2D eigenvalue weighted by atomic mass is 10.1. The summed E-state index contributed by atoms with van der Waals surface area (Å²) in [6.45, 7) is 3.82. The van der Waals surface area contributed by atoms with Gasteiger partial charge in [0.2, 0.25) is 0 Å². The van der Waals surface area contributed by atoms with E-state index in [4.69, 9.17) is 5.11 Å². The number of piperazine rings is 1. The van der Waals surface area contributed by atoms with Gasteiger partial charge in [0.25, 0.3) is 5.91 Å². The summed E-state index contributed by atoms with van der Waals surface area (Å²) in [4.78, 5) is 16.6. The molecule has 1 aliphatic rings. The molecule has 3 rings (SSSR count). The molecular formula is C19H22N2O3. The molecule has 1 fully saturated rings. The van der Waals surface area contributed by atoms with Gasteiger partial charge in [-0.2, -0.15) is 0 Å². The quantitative estimate of drug-likeness (QED) is 0.900. The second-order valence-electron chi connectivity index (χ2n) is 6.06. The van der Waals surface area contributed by atoms with Gasteiger partial charge in [0.1, 0.15) is 5.75 Å². The molecule has 5 nitrogen and oxygen atoms in total. The van der Waals surface area contributed by atoms with E-state index >= 15 is 0 Å². The summed E-state index contributed by atoms with van der Waals surface area (Å²) in [6.07, 6.45) is 0. The molecule has 0 spiro atoms. The van der Waals surface area contributed by atoms with Crippen LogP contribution >= 0.6 is 0 Å². The fraction of sp³-hybridized carbons (Fsp3) is 0.316. The molecule has 1 saturated heterocycles. The van der Waals surface area contributed by atoms with Gasteiger partial charge in [-0.25, -0.2) is 0 Å². The molecule has 0 aromatic heterocycles. The summed E-state index contributed by atoms with van der Waals surface area (Å²) in [5, 5.41) is 18.9. The highest BCUT2D eigenvalue weighted by Gasteiger charge is 2.23. The van der Waals surface area contributed by atoms with Gasteiger partial charge in [-0.15, -0.1) is 0 Å². The number of para-hydroxylation sites is 1. The third-order valence-corrected chi connectivity index (χ3v) is 4.41. The number of carbonyl (C=O) groups is 1. The van der Waals surface area contributed by atoms with Crippen LogP contribution in [0.2, 0.25) is 0 Å². The van der Waals surface area contributed by atoms with E-state index in [1.807, 2.05) is 24.3 Å². The number of carbonyl (C=O) groups excluding carboxylic acids is 1. The third kappa shape index (κ3) is 3.75. The molecule has 0 aliphatic carbocycles. The largest absolute Gasteiger partial charge is 0.507 e. The molecule has 2 aromatic rings. The summed E-state index contributed by atoms with van der Waals surface area (Å²) < 4.78 is 0. The maximum absolute atomic E-state index is 12.5. The van der Waals surface area contributed by atoms with E-state index in [1.54, 1.807) is 29.2 Å². The second-order valence-corrected chi connectivity index (χ2v) is 6.06. The molecule has 1 amide bonds. The molecule has 0 atom stereocenters. The van der Waals surface area contributed by atoms with Crippen molar-refractivity contribution >= 4 is 5.91 Å². The van der Waals surface area contributed by atoms with Crippen LogP contribution in [-0.2, 0) is 13.2 Å². The summed E-state index contributed by atoms with van der Waals surface area (Å²) in [6, 6.07) is 14.6. The number of hydrogen-bond donors (Lipinski definition) is 2. The van der Waals surface area contributed by atoms with Crippen molar-refractivity contribution in [1.29, 1.82) is 0 Å². The summed E-state index contributed by atoms with van der Waals surface area (Å²) in [5.41, 5.74) is 2.48. The van der Waals surface area contributed by atoms with Gasteiger partial charge in [0.15, 0.2) is 0 Å². The molecule has 1 aliphatic heterocycles. The number of nitrogens with zero attached hydrogens (tertiary/aromatic N) is 2. The number of benzene rings is 2. The summed E-state index contributed by atoms with van der Waals surface area (Å²) in [5.74, 6) is -0.0750. The Kier molecular flexibility index (Phi) is 5.13. The van der Waals surface area contributed by atoms with Crippen LogP contribution in [0.3, 0.4) is 0 Å². The Morgan fingerprint density at radius 3 is 2.17 bits per heavy atom. The second kappa shape index (κ2) is 7.47. The molecule has 0 saturated carbocycles. The molecule has 5 heteroatoms. The van der Waals surface area contributed by atoms with E-state index < -0.39 is 0 Å². The molecule has 0 radical (unpaired) electrons. The molecule has 24 heavy (non-hydrogen) atoms. The van der Waals surface area contributed by atoms with Crippen molar-refractivity contribution in [3.8, 4) is 5.75 Å². The fourth-order valence-corrected chi connectivity index (χ4v) is 2.94. The highest BCUT2D eigenvalue weighted by atomic mass is 16.3. The Morgan fingerprint density at radius 2 is 1.54 bits per heavy atom. The molecule has 2 aromatic carbocycles. The zero-order chi connectivity index (χ0) is 16.9. The van der Waals surface area contributed by atoms with Gasteiger partial charge in [-0.3, -0.25) is 9.69 Å². The van der Waals surface area contributed by atoms with Gasteiger partial charge < -0.3 is 15.1 Å². The van der Waals surface area contributed by atoms with Crippen molar-refractivity contribution in [2.45, 2.75) is 13.2 Å². The average Bonchev–Trinajstić information content (AvgIpc) is 2.63. The van der Waals surface area contributed by atoms with E-state index in [-0.39, 0.29) is 18.3 Å². The number of phenols is 1. The Labute approximate surface area is 141 Å². The van der Waals surface area contributed by atoms with Crippen molar-refractivity contribution in [3.05, 3.63) is 65.2 Å². The number of aliphatic hydroxyl groups excluding tert-OH is 1. The maximum atomic E-state index is 12.5. The first kappa shape index (κ1) is 16.5. The van der Waals surface area contributed by atoms with E-state index in [9.17, 15) is 9.90 Å². The predicted molar refractivity (Wildman–Crippen MR) is 91.7 cm³/mol. The Morgan fingerprint density at radius 1 is 0.917 bits per heavy atom. The minimum absolute atomic E-state index is 0.0360.